The van der Waals surface area contributed by atoms with E-state index in [1.54, 1.807) is 31.4 Å². The highest BCUT2D eigenvalue weighted by atomic mass is 32.2. The molecule has 1 heterocycles. The fourth-order valence-corrected chi connectivity index (χ4v) is 4.90. The number of sulfonamides is 1. The summed E-state index contributed by atoms with van der Waals surface area (Å²) in [6.07, 6.45) is 0. The number of benzene rings is 2. The van der Waals surface area contributed by atoms with Gasteiger partial charge in [0.15, 0.2) is 0 Å². The molecule has 1 saturated heterocycles. The zero-order valence-electron chi connectivity index (χ0n) is 17.7. The SMILES string of the molecule is COc1cccc(CNC(=O)C(C)N2CCN(S(=O)(=O)c3ccc(C)cc3)CC2)c1. The number of nitrogens with one attached hydrogen (secondary N) is 1. The van der Waals surface area contributed by atoms with E-state index in [-0.39, 0.29) is 11.9 Å². The van der Waals surface area contributed by atoms with Crippen LogP contribution in [0, 0.1) is 6.92 Å². The third-order valence-corrected chi connectivity index (χ3v) is 7.37. The van der Waals surface area contributed by atoms with E-state index in [4.69, 9.17) is 4.74 Å². The normalized spacial score (nSPS) is 16.8. The number of nitrogens with zero attached hydrogens (tertiary/aromatic N) is 2. The van der Waals surface area contributed by atoms with Gasteiger partial charge in [0.1, 0.15) is 5.75 Å². The highest BCUT2D eigenvalue weighted by molar-refractivity contribution is 7.89. The molecule has 2 aromatic rings. The molecule has 0 spiro atoms. The number of amides is 1. The first-order chi connectivity index (χ1) is 14.3. The second-order valence-electron chi connectivity index (χ2n) is 7.50. The molecule has 30 heavy (non-hydrogen) atoms. The molecule has 0 bridgehead atoms. The largest absolute Gasteiger partial charge is 0.497 e. The Labute approximate surface area is 178 Å². The van der Waals surface area contributed by atoms with Crippen LogP contribution < -0.4 is 10.1 Å². The lowest BCUT2D eigenvalue weighted by Gasteiger charge is -2.36. The summed E-state index contributed by atoms with van der Waals surface area (Å²) in [7, 11) is -1.90. The number of methoxy groups -OCH3 is 1. The maximum absolute atomic E-state index is 12.8. The van der Waals surface area contributed by atoms with Gasteiger partial charge in [0.2, 0.25) is 15.9 Å². The van der Waals surface area contributed by atoms with E-state index >= 15 is 0 Å². The van der Waals surface area contributed by atoms with Crippen LogP contribution in [0.4, 0.5) is 0 Å². The standard InChI is InChI=1S/C22H29N3O4S/c1-17-7-9-21(10-8-17)30(27,28)25-13-11-24(12-14-25)18(2)22(26)23-16-19-5-4-6-20(15-19)29-3/h4-10,15,18H,11-14,16H2,1-3H3,(H,23,26). The van der Waals surface area contributed by atoms with Crippen molar-refractivity contribution in [2.45, 2.75) is 31.3 Å². The smallest absolute Gasteiger partial charge is 0.243 e. The fraction of sp³-hybridized carbons (Fsp3) is 0.409. The van der Waals surface area contributed by atoms with E-state index in [9.17, 15) is 13.2 Å². The first-order valence-electron chi connectivity index (χ1n) is 10.0. The van der Waals surface area contributed by atoms with Gasteiger partial charge in [-0.2, -0.15) is 4.31 Å². The average molecular weight is 432 g/mol. The van der Waals surface area contributed by atoms with Crippen LogP contribution >= 0.6 is 0 Å². The molecule has 162 valence electrons. The van der Waals surface area contributed by atoms with Crippen LogP contribution in [0.1, 0.15) is 18.1 Å². The summed E-state index contributed by atoms with van der Waals surface area (Å²) in [6.45, 7) is 5.95. The van der Waals surface area contributed by atoms with Gasteiger partial charge in [-0.3, -0.25) is 9.69 Å². The molecule has 1 aliphatic rings. The summed E-state index contributed by atoms with van der Waals surface area (Å²) in [6, 6.07) is 14.1. The van der Waals surface area contributed by atoms with E-state index in [1.165, 1.54) is 4.31 Å². The first kappa shape index (κ1) is 22.3. The van der Waals surface area contributed by atoms with Gasteiger partial charge in [-0.25, -0.2) is 8.42 Å². The van der Waals surface area contributed by atoms with Gasteiger partial charge in [0.25, 0.3) is 0 Å². The number of hydrogen-bond donors (Lipinski definition) is 1. The van der Waals surface area contributed by atoms with Crippen molar-refractivity contribution in [1.82, 2.24) is 14.5 Å². The number of carbonyl (C=O) groups is 1. The van der Waals surface area contributed by atoms with Gasteiger partial charge in [-0.05, 0) is 43.7 Å². The Bertz CT molecular complexity index is 968. The Hall–Kier alpha value is -2.42. The van der Waals surface area contributed by atoms with Crippen LogP contribution in [0.25, 0.3) is 0 Å². The van der Waals surface area contributed by atoms with Crippen LogP contribution in [0.2, 0.25) is 0 Å². The Morgan fingerprint density at radius 2 is 1.77 bits per heavy atom. The van der Waals surface area contributed by atoms with Crippen molar-refractivity contribution in [3.8, 4) is 5.75 Å². The van der Waals surface area contributed by atoms with E-state index in [0.717, 1.165) is 16.9 Å². The molecule has 2 aromatic carbocycles. The summed E-state index contributed by atoms with van der Waals surface area (Å²) < 4.78 is 32.4. The summed E-state index contributed by atoms with van der Waals surface area (Å²) in [5.41, 5.74) is 1.98. The van der Waals surface area contributed by atoms with Gasteiger partial charge >= 0.3 is 0 Å². The monoisotopic (exact) mass is 431 g/mol. The van der Waals surface area contributed by atoms with Crippen LogP contribution in [-0.2, 0) is 21.4 Å². The lowest BCUT2D eigenvalue weighted by molar-refractivity contribution is -0.126. The Morgan fingerprint density at radius 3 is 2.40 bits per heavy atom. The zero-order valence-corrected chi connectivity index (χ0v) is 18.5. The minimum Gasteiger partial charge on any atom is -0.497 e. The molecule has 0 aliphatic carbocycles. The third-order valence-electron chi connectivity index (χ3n) is 5.46. The van der Waals surface area contributed by atoms with Gasteiger partial charge in [-0.15, -0.1) is 0 Å². The zero-order chi connectivity index (χ0) is 21.7. The van der Waals surface area contributed by atoms with Crippen molar-refractivity contribution >= 4 is 15.9 Å². The summed E-state index contributed by atoms with van der Waals surface area (Å²) in [5.74, 6) is 0.674. The minimum absolute atomic E-state index is 0.0762. The maximum Gasteiger partial charge on any atom is 0.243 e. The Balaban J connectivity index is 1.53. The predicted octanol–water partition coefficient (Wildman–Crippen LogP) is 2.01. The molecule has 1 unspecified atom stereocenters. The van der Waals surface area contributed by atoms with Gasteiger partial charge < -0.3 is 10.1 Å². The Morgan fingerprint density at radius 1 is 1.10 bits per heavy atom. The molecular formula is C22H29N3O4S. The number of ether oxygens (including phenoxy) is 1. The predicted molar refractivity (Wildman–Crippen MR) is 116 cm³/mol. The lowest BCUT2D eigenvalue weighted by atomic mass is 10.2. The highest BCUT2D eigenvalue weighted by Crippen LogP contribution is 2.19. The van der Waals surface area contributed by atoms with Crippen LogP contribution in [0.3, 0.4) is 0 Å². The third kappa shape index (κ3) is 5.19. The number of carbonyl (C=O) groups excluding carboxylic acids is 1. The van der Waals surface area contributed by atoms with Crippen molar-refractivity contribution in [2.24, 2.45) is 0 Å². The van der Waals surface area contributed by atoms with Gasteiger partial charge in [0, 0.05) is 32.7 Å². The van der Waals surface area contributed by atoms with Gasteiger partial charge in [-0.1, -0.05) is 29.8 Å². The number of hydrogen-bond acceptors (Lipinski definition) is 5. The van der Waals surface area contributed by atoms with Crippen LogP contribution in [-0.4, -0.2) is 62.9 Å². The molecular weight excluding hydrogens is 402 g/mol. The summed E-state index contributed by atoms with van der Waals surface area (Å²) >= 11 is 0. The molecule has 3 rings (SSSR count). The van der Waals surface area contributed by atoms with E-state index < -0.39 is 10.0 Å². The second kappa shape index (κ2) is 9.59. The van der Waals surface area contributed by atoms with Crippen molar-refractivity contribution in [3.05, 3.63) is 59.7 Å². The quantitative estimate of drug-likeness (QED) is 0.726. The molecule has 1 fully saturated rings. The molecule has 1 atom stereocenters. The molecule has 1 aliphatic heterocycles. The molecule has 0 saturated carbocycles. The molecule has 1 amide bonds. The number of aryl methyl sites for hydroxylation is 1. The molecule has 1 N–H and O–H groups in total. The molecule has 0 aromatic heterocycles. The average Bonchev–Trinajstić information content (AvgIpc) is 2.77. The molecule has 7 nitrogen and oxygen atoms in total. The maximum atomic E-state index is 12.8. The first-order valence-corrected chi connectivity index (χ1v) is 11.5. The minimum atomic E-state index is -3.51. The molecule has 8 heteroatoms. The topological polar surface area (TPSA) is 79.0 Å². The lowest BCUT2D eigenvalue weighted by Crippen LogP contribution is -2.54. The van der Waals surface area contributed by atoms with Crippen molar-refractivity contribution in [3.63, 3.8) is 0 Å². The second-order valence-corrected chi connectivity index (χ2v) is 9.44. The summed E-state index contributed by atoms with van der Waals surface area (Å²) in [5, 5.41) is 2.95. The molecule has 0 radical (unpaired) electrons. The number of piperazine rings is 1. The van der Waals surface area contributed by atoms with Crippen molar-refractivity contribution in [2.75, 3.05) is 33.3 Å². The van der Waals surface area contributed by atoms with Crippen LogP contribution in [0.5, 0.6) is 5.75 Å². The van der Waals surface area contributed by atoms with Crippen molar-refractivity contribution in [1.29, 1.82) is 0 Å². The van der Waals surface area contributed by atoms with Gasteiger partial charge in [0.05, 0.1) is 18.0 Å². The van der Waals surface area contributed by atoms with Crippen molar-refractivity contribution < 1.29 is 17.9 Å². The van der Waals surface area contributed by atoms with E-state index in [0.29, 0.717) is 37.6 Å². The number of rotatable bonds is 7. The van der Waals surface area contributed by atoms with Crippen LogP contribution in [0.15, 0.2) is 53.4 Å². The highest BCUT2D eigenvalue weighted by Gasteiger charge is 2.31. The summed E-state index contributed by atoms with van der Waals surface area (Å²) in [4.78, 5) is 14.9. The fourth-order valence-electron chi connectivity index (χ4n) is 3.48. The van der Waals surface area contributed by atoms with E-state index in [1.807, 2.05) is 43.0 Å². The Kier molecular flexibility index (Phi) is 7.12. The van der Waals surface area contributed by atoms with E-state index in [2.05, 4.69) is 5.32 Å².